The topological polar surface area (TPSA) is 41.6 Å². The Bertz CT molecular complexity index is 453. The zero-order valence-electron chi connectivity index (χ0n) is 13.4. The average Bonchev–Trinajstić information content (AvgIpc) is 2.91. The van der Waals surface area contributed by atoms with Crippen LogP contribution in [-0.2, 0) is 4.74 Å². The van der Waals surface area contributed by atoms with E-state index in [9.17, 15) is 4.79 Å². The van der Waals surface area contributed by atoms with Gasteiger partial charge < -0.3 is 15.0 Å². The normalized spacial score (nSPS) is 21.1. The number of nitrogens with one attached hydrogen (secondary N) is 1. The molecule has 1 aliphatic heterocycles. The molecule has 0 spiro atoms. The lowest BCUT2D eigenvalue weighted by Crippen LogP contribution is -2.49. The smallest absolute Gasteiger partial charge is 0.410 e. The van der Waals surface area contributed by atoms with E-state index in [0.29, 0.717) is 12.1 Å². The van der Waals surface area contributed by atoms with Gasteiger partial charge in [-0.25, -0.2) is 4.79 Å². The summed E-state index contributed by atoms with van der Waals surface area (Å²) in [6, 6.07) is 4.89. The van der Waals surface area contributed by atoms with Gasteiger partial charge in [0.1, 0.15) is 5.60 Å². The maximum Gasteiger partial charge on any atom is 0.410 e. The average molecular weight is 310 g/mol. The summed E-state index contributed by atoms with van der Waals surface area (Å²) in [7, 11) is 0. The number of carbonyl (C=O) groups is 1. The first-order valence-electron chi connectivity index (χ1n) is 7.62. The van der Waals surface area contributed by atoms with Crippen LogP contribution in [0.4, 0.5) is 4.79 Å². The third-order valence-corrected chi connectivity index (χ3v) is 4.58. The van der Waals surface area contributed by atoms with Gasteiger partial charge in [-0.15, -0.1) is 11.3 Å². The third kappa shape index (κ3) is 5.00. The Morgan fingerprint density at radius 1 is 1.52 bits per heavy atom. The van der Waals surface area contributed by atoms with Crippen LogP contribution in [0.3, 0.4) is 0 Å². The molecular formula is C16H26N2O2S. The summed E-state index contributed by atoms with van der Waals surface area (Å²) < 4.78 is 5.46. The summed E-state index contributed by atoms with van der Waals surface area (Å²) in [6.07, 6.45) is 1.93. The second-order valence-electron chi connectivity index (χ2n) is 6.67. The number of piperidine rings is 1. The van der Waals surface area contributed by atoms with Crippen LogP contribution in [0, 0.1) is 0 Å². The highest BCUT2D eigenvalue weighted by Gasteiger charge is 2.28. The van der Waals surface area contributed by atoms with E-state index < -0.39 is 5.60 Å². The molecule has 1 fully saturated rings. The summed E-state index contributed by atoms with van der Waals surface area (Å²) in [4.78, 5) is 15.3. The van der Waals surface area contributed by atoms with E-state index >= 15 is 0 Å². The second-order valence-corrected chi connectivity index (χ2v) is 7.65. The fourth-order valence-corrected chi connectivity index (χ4v) is 3.32. The van der Waals surface area contributed by atoms with Gasteiger partial charge in [-0.1, -0.05) is 6.07 Å². The first kappa shape index (κ1) is 16.3. The molecule has 0 aromatic carbocycles. The minimum atomic E-state index is -0.429. The molecule has 5 heteroatoms. The number of amides is 1. The summed E-state index contributed by atoms with van der Waals surface area (Å²) in [5.41, 5.74) is -0.429. The highest BCUT2D eigenvalue weighted by Crippen LogP contribution is 2.21. The van der Waals surface area contributed by atoms with E-state index in [0.717, 1.165) is 25.9 Å². The molecule has 0 saturated carbocycles. The van der Waals surface area contributed by atoms with Crippen LogP contribution in [-0.4, -0.2) is 35.7 Å². The summed E-state index contributed by atoms with van der Waals surface area (Å²) >= 11 is 1.77. The van der Waals surface area contributed by atoms with E-state index in [1.54, 1.807) is 11.3 Å². The number of ether oxygens (including phenoxy) is 1. The van der Waals surface area contributed by atoms with Crippen molar-refractivity contribution in [3.8, 4) is 0 Å². The minimum Gasteiger partial charge on any atom is -0.444 e. The van der Waals surface area contributed by atoms with Crippen molar-refractivity contribution >= 4 is 17.4 Å². The predicted molar refractivity (Wildman–Crippen MR) is 86.7 cm³/mol. The van der Waals surface area contributed by atoms with Gasteiger partial charge in [0.25, 0.3) is 0 Å². The SMILES string of the molecule is CC(NC1CCCN(C(=O)OC(C)(C)C)C1)c1cccs1. The highest BCUT2D eigenvalue weighted by molar-refractivity contribution is 7.10. The van der Waals surface area contributed by atoms with Crippen molar-refractivity contribution in [2.24, 2.45) is 0 Å². The molecule has 1 aromatic rings. The van der Waals surface area contributed by atoms with Gasteiger partial charge in [0.15, 0.2) is 0 Å². The van der Waals surface area contributed by atoms with Crippen molar-refractivity contribution in [3.63, 3.8) is 0 Å². The Hall–Kier alpha value is -1.07. The lowest BCUT2D eigenvalue weighted by atomic mass is 10.0. The second kappa shape index (κ2) is 6.79. The molecule has 4 nitrogen and oxygen atoms in total. The standard InChI is InChI=1S/C16H26N2O2S/c1-12(14-8-6-10-21-14)17-13-7-5-9-18(11-13)15(19)20-16(2,3)4/h6,8,10,12-13,17H,5,7,9,11H2,1-4H3. The molecule has 0 bridgehead atoms. The molecule has 118 valence electrons. The molecular weight excluding hydrogens is 284 g/mol. The Morgan fingerprint density at radius 3 is 2.90 bits per heavy atom. The Balaban J connectivity index is 1.87. The van der Waals surface area contributed by atoms with Crippen molar-refractivity contribution in [2.75, 3.05) is 13.1 Å². The van der Waals surface area contributed by atoms with Gasteiger partial charge in [-0.3, -0.25) is 0 Å². The summed E-state index contributed by atoms with van der Waals surface area (Å²) in [5.74, 6) is 0. The Kier molecular flexibility index (Phi) is 5.27. The van der Waals surface area contributed by atoms with E-state index in [1.165, 1.54) is 4.88 Å². The third-order valence-electron chi connectivity index (χ3n) is 3.53. The predicted octanol–water partition coefficient (Wildman–Crippen LogP) is 3.80. The monoisotopic (exact) mass is 310 g/mol. The largest absolute Gasteiger partial charge is 0.444 e. The van der Waals surface area contributed by atoms with Gasteiger partial charge in [-0.2, -0.15) is 0 Å². The van der Waals surface area contributed by atoms with Crippen molar-refractivity contribution < 1.29 is 9.53 Å². The van der Waals surface area contributed by atoms with E-state index in [1.807, 2.05) is 25.7 Å². The number of rotatable bonds is 3. The van der Waals surface area contributed by atoms with Crippen molar-refractivity contribution in [2.45, 2.75) is 58.2 Å². The van der Waals surface area contributed by atoms with Crippen molar-refractivity contribution in [3.05, 3.63) is 22.4 Å². The number of carbonyl (C=O) groups excluding carboxylic acids is 1. The number of thiophene rings is 1. The van der Waals surface area contributed by atoms with Gasteiger partial charge in [-0.05, 0) is 52.0 Å². The summed E-state index contributed by atoms with van der Waals surface area (Å²) in [5, 5.41) is 5.73. The fraction of sp³-hybridized carbons (Fsp3) is 0.688. The molecule has 1 amide bonds. The van der Waals surface area contributed by atoms with Crippen LogP contribution in [0.2, 0.25) is 0 Å². The van der Waals surface area contributed by atoms with Crippen LogP contribution in [0.5, 0.6) is 0 Å². The molecule has 2 atom stereocenters. The molecule has 1 aromatic heterocycles. The van der Waals surface area contributed by atoms with Crippen molar-refractivity contribution in [1.82, 2.24) is 10.2 Å². The zero-order valence-corrected chi connectivity index (χ0v) is 14.2. The molecule has 0 radical (unpaired) electrons. The van der Waals surface area contributed by atoms with E-state index in [2.05, 4.69) is 29.8 Å². The Morgan fingerprint density at radius 2 is 2.29 bits per heavy atom. The van der Waals surface area contributed by atoms with Crippen LogP contribution in [0.25, 0.3) is 0 Å². The quantitative estimate of drug-likeness (QED) is 0.923. The van der Waals surface area contributed by atoms with Crippen LogP contribution in [0.15, 0.2) is 17.5 Å². The van der Waals surface area contributed by atoms with Crippen LogP contribution >= 0.6 is 11.3 Å². The highest BCUT2D eigenvalue weighted by atomic mass is 32.1. The lowest BCUT2D eigenvalue weighted by molar-refractivity contribution is 0.0184. The number of hydrogen-bond acceptors (Lipinski definition) is 4. The number of hydrogen-bond donors (Lipinski definition) is 1. The van der Waals surface area contributed by atoms with Crippen LogP contribution < -0.4 is 5.32 Å². The number of nitrogens with zero attached hydrogens (tertiary/aromatic N) is 1. The van der Waals surface area contributed by atoms with Gasteiger partial charge in [0.2, 0.25) is 0 Å². The lowest BCUT2D eigenvalue weighted by Gasteiger charge is -2.35. The zero-order chi connectivity index (χ0) is 15.5. The van der Waals surface area contributed by atoms with E-state index in [-0.39, 0.29) is 6.09 Å². The minimum absolute atomic E-state index is 0.197. The molecule has 1 N–H and O–H groups in total. The maximum atomic E-state index is 12.2. The first-order chi connectivity index (χ1) is 9.85. The molecule has 0 aliphatic carbocycles. The number of likely N-dealkylation sites (tertiary alicyclic amines) is 1. The van der Waals surface area contributed by atoms with Crippen molar-refractivity contribution in [1.29, 1.82) is 0 Å². The fourth-order valence-electron chi connectivity index (χ4n) is 2.58. The molecule has 1 aliphatic rings. The molecule has 21 heavy (non-hydrogen) atoms. The summed E-state index contributed by atoms with van der Waals surface area (Å²) in [6.45, 7) is 9.42. The van der Waals surface area contributed by atoms with Gasteiger partial charge in [0.05, 0.1) is 0 Å². The Labute approximate surface area is 131 Å². The molecule has 1 saturated heterocycles. The van der Waals surface area contributed by atoms with Gasteiger partial charge >= 0.3 is 6.09 Å². The van der Waals surface area contributed by atoms with Gasteiger partial charge in [0, 0.05) is 30.1 Å². The molecule has 2 heterocycles. The molecule has 2 unspecified atom stereocenters. The first-order valence-corrected chi connectivity index (χ1v) is 8.50. The molecule has 2 rings (SSSR count). The van der Waals surface area contributed by atoms with Crippen LogP contribution in [0.1, 0.15) is 51.5 Å². The van der Waals surface area contributed by atoms with E-state index in [4.69, 9.17) is 4.74 Å². The maximum absolute atomic E-state index is 12.2.